The molecule has 0 radical (unpaired) electrons. The molecule has 1 unspecified atom stereocenters. The predicted octanol–water partition coefficient (Wildman–Crippen LogP) is 2.79. The van der Waals surface area contributed by atoms with Gasteiger partial charge in [-0.25, -0.2) is 0 Å². The Balaban J connectivity index is 2.77. The van der Waals surface area contributed by atoms with Crippen LogP contribution in [0.25, 0.3) is 0 Å². The number of aryl methyl sites for hydroxylation is 1. The van der Waals surface area contributed by atoms with Gasteiger partial charge in [-0.3, -0.25) is 0 Å². The van der Waals surface area contributed by atoms with E-state index in [4.69, 9.17) is 5.73 Å². The second-order valence-corrected chi connectivity index (χ2v) is 3.59. The van der Waals surface area contributed by atoms with Crippen LogP contribution in [0.5, 0.6) is 0 Å². The predicted molar refractivity (Wildman–Crippen MR) is 59.0 cm³/mol. The van der Waals surface area contributed by atoms with Crippen LogP contribution in [0.3, 0.4) is 0 Å². The Kier molecular flexibility index (Phi) is 3.18. The summed E-state index contributed by atoms with van der Waals surface area (Å²) in [7, 11) is 0. The minimum Gasteiger partial charge on any atom is -0.399 e. The van der Waals surface area contributed by atoms with Gasteiger partial charge in [0.2, 0.25) is 0 Å². The van der Waals surface area contributed by atoms with Gasteiger partial charge in [0.15, 0.2) is 0 Å². The number of anilines is 2. The van der Waals surface area contributed by atoms with Crippen LogP contribution in [0.15, 0.2) is 18.2 Å². The fourth-order valence-corrected chi connectivity index (χ4v) is 1.28. The third-order valence-corrected chi connectivity index (χ3v) is 2.13. The molecule has 1 aromatic rings. The van der Waals surface area contributed by atoms with E-state index in [1.54, 1.807) is 0 Å². The lowest BCUT2D eigenvalue weighted by molar-refractivity contribution is 0.764. The van der Waals surface area contributed by atoms with Gasteiger partial charge in [0.25, 0.3) is 0 Å². The molecule has 13 heavy (non-hydrogen) atoms. The van der Waals surface area contributed by atoms with Crippen molar-refractivity contribution >= 4 is 11.4 Å². The SMILES string of the molecule is CCC(C)Nc1cc(C)cc(N)c1. The van der Waals surface area contributed by atoms with Crippen LogP contribution < -0.4 is 11.1 Å². The van der Waals surface area contributed by atoms with Gasteiger partial charge in [-0.2, -0.15) is 0 Å². The molecule has 1 aromatic carbocycles. The van der Waals surface area contributed by atoms with E-state index >= 15 is 0 Å². The molecular weight excluding hydrogens is 160 g/mol. The van der Waals surface area contributed by atoms with Gasteiger partial charge in [-0.05, 0) is 44.0 Å². The summed E-state index contributed by atoms with van der Waals surface area (Å²) < 4.78 is 0. The molecule has 2 nitrogen and oxygen atoms in total. The van der Waals surface area contributed by atoms with E-state index in [0.29, 0.717) is 6.04 Å². The number of nitrogens with one attached hydrogen (secondary N) is 1. The highest BCUT2D eigenvalue weighted by Crippen LogP contribution is 2.17. The molecule has 72 valence electrons. The van der Waals surface area contributed by atoms with Gasteiger partial charge >= 0.3 is 0 Å². The maximum atomic E-state index is 5.74. The van der Waals surface area contributed by atoms with Crippen molar-refractivity contribution in [2.75, 3.05) is 11.1 Å². The summed E-state index contributed by atoms with van der Waals surface area (Å²) in [6.07, 6.45) is 1.12. The van der Waals surface area contributed by atoms with Crippen molar-refractivity contribution in [3.05, 3.63) is 23.8 Å². The molecule has 1 atom stereocenters. The van der Waals surface area contributed by atoms with E-state index in [2.05, 4.69) is 32.2 Å². The highest BCUT2D eigenvalue weighted by atomic mass is 14.9. The van der Waals surface area contributed by atoms with Gasteiger partial charge in [-0.1, -0.05) is 6.92 Å². The van der Waals surface area contributed by atoms with E-state index < -0.39 is 0 Å². The Morgan fingerprint density at radius 2 is 2.08 bits per heavy atom. The summed E-state index contributed by atoms with van der Waals surface area (Å²) in [6, 6.07) is 6.56. The molecule has 0 fully saturated rings. The molecule has 0 saturated carbocycles. The normalized spacial score (nSPS) is 12.5. The molecule has 0 aliphatic carbocycles. The number of benzene rings is 1. The standard InChI is InChI=1S/C11H18N2/c1-4-9(3)13-11-6-8(2)5-10(12)7-11/h5-7,9,13H,4,12H2,1-3H3. The smallest absolute Gasteiger partial charge is 0.0365 e. The summed E-state index contributed by atoms with van der Waals surface area (Å²) in [4.78, 5) is 0. The van der Waals surface area contributed by atoms with Crippen molar-refractivity contribution in [3.63, 3.8) is 0 Å². The number of nitrogen functional groups attached to an aromatic ring is 1. The molecule has 0 saturated heterocycles. The Morgan fingerprint density at radius 1 is 1.38 bits per heavy atom. The van der Waals surface area contributed by atoms with E-state index in [-0.39, 0.29) is 0 Å². The lowest BCUT2D eigenvalue weighted by atomic mass is 10.1. The van der Waals surface area contributed by atoms with Crippen molar-refractivity contribution in [2.24, 2.45) is 0 Å². The first kappa shape index (κ1) is 9.90. The topological polar surface area (TPSA) is 38.0 Å². The summed E-state index contributed by atoms with van der Waals surface area (Å²) in [5.74, 6) is 0. The summed E-state index contributed by atoms with van der Waals surface area (Å²) in [5, 5.41) is 3.39. The molecule has 2 heteroatoms. The first-order valence-corrected chi connectivity index (χ1v) is 4.75. The molecule has 0 heterocycles. The number of hydrogen-bond donors (Lipinski definition) is 2. The van der Waals surface area contributed by atoms with Crippen LogP contribution in [0.4, 0.5) is 11.4 Å². The summed E-state index contributed by atoms with van der Waals surface area (Å²) >= 11 is 0. The Hall–Kier alpha value is -1.18. The average molecular weight is 178 g/mol. The minimum absolute atomic E-state index is 0.501. The molecule has 0 amide bonds. The van der Waals surface area contributed by atoms with E-state index in [0.717, 1.165) is 17.8 Å². The van der Waals surface area contributed by atoms with E-state index in [1.807, 2.05) is 12.1 Å². The first-order chi connectivity index (χ1) is 6.11. The largest absolute Gasteiger partial charge is 0.399 e. The van der Waals surface area contributed by atoms with Gasteiger partial charge < -0.3 is 11.1 Å². The van der Waals surface area contributed by atoms with Crippen LogP contribution in [0.2, 0.25) is 0 Å². The summed E-state index contributed by atoms with van der Waals surface area (Å²) in [6.45, 7) is 6.38. The fraction of sp³-hybridized carbons (Fsp3) is 0.455. The minimum atomic E-state index is 0.501. The monoisotopic (exact) mass is 178 g/mol. The molecule has 3 N–H and O–H groups in total. The second kappa shape index (κ2) is 4.17. The van der Waals surface area contributed by atoms with Crippen LogP contribution in [0.1, 0.15) is 25.8 Å². The lowest BCUT2D eigenvalue weighted by Crippen LogP contribution is -2.13. The number of hydrogen-bond acceptors (Lipinski definition) is 2. The van der Waals surface area contributed by atoms with Crippen molar-refractivity contribution in [2.45, 2.75) is 33.2 Å². The van der Waals surface area contributed by atoms with Gasteiger partial charge in [0.05, 0.1) is 0 Å². The molecule has 0 spiro atoms. The highest BCUT2D eigenvalue weighted by Gasteiger charge is 1.99. The zero-order valence-electron chi connectivity index (χ0n) is 8.59. The van der Waals surface area contributed by atoms with E-state index in [9.17, 15) is 0 Å². The fourth-order valence-electron chi connectivity index (χ4n) is 1.28. The quantitative estimate of drug-likeness (QED) is 0.698. The Morgan fingerprint density at radius 3 is 2.62 bits per heavy atom. The van der Waals surface area contributed by atoms with Crippen molar-refractivity contribution in [3.8, 4) is 0 Å². The van der Waals surface area contributed by atoms with Crippen molar-refractivity contribution in [1.82, 2.24) is 0 Å². The number of nitrogens with two attached hydrogens (primary N) is 1. The van der Waals surface area contributed by atoms with Gasteiger partial charge in [-0.15, -0.1) is 0 Å². The molecule has 0 aliphatic heterocycles. The van der Waals surface area contributed by atoms with Crippen LogP contribution in [-0.2, 0) is 0 Å². The zero-order chi connectivity index (χ0) is 9.84. The van der Waals surface area contributed by atoms with Gasteiger partial charge in [0.1, 0.15) is 0 Å². The highest BCUT2D eigenvalue weighted by molar-refractivity contribution is 5.57. The van der Waals surface area contributed by atoms with Crippen molar-refractivity contribution < 1.29 is 0 Å². The second-order valence-electron chi connectivity index (χ2n) is 3.59. The van der Waals surface area contributed by atoms with Crippen molar-refractivity contribution in [1.29, 1.82) is 0 Å². The Labute approximate surface area is 80.1 Å². The third kappa shape index (κ3) is 2.98. The third-order valence-electron chi connectivity index (χ3n) is 2.13. The molecule has 0 aliphatic rings. The van der Waals surface area contributed by atoms with Crippen LogP contribution in [0, 0.1) is 6.92 Å². The average Bonchev–Trinajstić information content (AvgIpc) is 2.02. The summed E-state index contributed by atoms with van der Waals surface area (Å²) in [5.41, 5.74) is 8.88. The van der Waals surface area contributed by atoms with E-state index in [1.165, 1.54) is 5.56 Å². The molecule has 0 bridgehead atoms. The maximum absolute atomic E-state index is 5.74. The first-order valence-electron chi connectivity index (χ1n) is 4.75. The van der Waals surface area contributed by atoms with Crippen LogP contribution in [-0.4, -0.2) is 6.04 Å². The lowest BCUT2D eigenvalue weighted by Gasteiger charge is -2.13. The van der Waals surface area contributed by atoms with Crippen LogP contribution >= 0.6 is 0 Å². The number of rotatable bonds is 3. The Bertz CT molecular complexity index is 261. The maximum Gasteiger partial charge on any atom is 0.0365 e. The zero-order valence-corrected chi connectivity index (χ0v) is 8.59. The molecular formula is C11H18N2. The molecule has 1 rings (SSSR count). The molecule has 0 aromatic heterocycles. The van der Waals surface area contributed by atoms with Gasteiger partial charge in [0, 0.05) is 17.4 Å².